The van der Waals surface area contributed by atoms with Gasteiger partial charge in [-0.25, -0.2) is 0 Å². The predicted molar refractivity (Wildman–Crippen MR) is 87.8 cm³/mol. The second-order valence-electron chi connectivity index (χ2n) is 5.87. The van der Waals surface area contributed by atoms with E-state index < -0.39 is 0 Å². The van der Waals surface area contributed by atoms with Gasteiger partial charge >= 0.3 is 0 Å². The van der Waals surface area contributed by atoms with Crippen LogP contribution in [-0.4, -0.2) is 48.2 Å². The molecule has 4 nitrogen and oxygen atoms in total. The summed E-state index contributed by atoms with van der Waals surface area (Å²) >= 11 is 0. The maximum absolute atomic E-state index is 9.66. The van der Waals surface area contributed by atoms with Crippen molar-refractivity contribution in [2.45, 2.75) is 39.7 Å². The van der Waals surface area contributed by atoms with Gasteiger partial charge in [0.05, 0.1) is 6.10 Å². The van der Waals surface area contributed by atoms with E-state index >= 15 is 0 Å². The molecule has 1 saturated heterocycles. The number of β-amino-alcohol motifs (C(OH)–C–C–N with tert-alkyl or cyclic N) is 1. The zero-order valence-electron chi connectivity index (χ0n) is 13.4. The Morgan fingerprint density at radius 2 is 2.05 bits per heavy atom. The SMILES string of the molecule is CCNC(=NCCc1cc(C)cc(C)c1)N1CC[C@@H](O)C1. The standard InChI is InChI=1S/C17H27N3O/c1-4-18-17(20-8-6-16(21)12-20)19-7-5-15-10-13(2)9-14(3)11-15/h9-11,16,21H,4-8,12H2,1-3H3,(H,18,19)/t16-/m1/s1. The summed E-state index contributed by atoms with van der Waals surface area (Å²) in [5.41, 5.74) is 3.96. The minimum absolute atomic E-state index is 0.215. The van der Waals surface area contributed by atoms with E-state index in [1.165, 1.54) is 16.7 Å². The summed E-state index contributed by atoms with van der Waals surface area (Å²) < 4.78 is 0. The molecule has 0 radical (unpaired) electrons. The van der Waals surface area contributed by atoms with E-state index in [4.69, 9.17) is 4.99 Å². The van der Waals surface area contributed by atoms with Crippen LogP contribution < -0.4 is 5.32 Å². The van der Waals surface area contributed by atoms with Gasteiger partial charge in [0, 0.05) is 26.2 Å². The Morgan fingerprint density at radius 3 is 2.62 bits per heavy atom. The van der Waals surface area contributed by atoms with Crippen molar-refractivity contribution in [3.05, 3.63) is 34.9 Å². The van der Waals surface area contributed by atoms with Crippen LogP contribution in [0.2, 0.25) is 0 Å². The number of aliphatic hydroxyl groups excluding tert-OH is 1. The summed E-state index contributed by atoms with van der Waals surface area (Å²) in [5.74, 6) is 0.929. The molecule has 0 amide bonds. The predicted octanol–water partition coefficient (Wildman–Crippen LogP) is 1.88. The maximum Gasteiger partial charge on any atom is 0.194 e. The fourth-order valence-electron chi connectivity index (χ4n) is 2.86. The molecule has 21 heavy (non-hydrogen) atoms. The molecule has 4 heteroatoms. The zero-order valence-corrected chi connectivity index (χ0v) is 13.4. The van der Waals surface area contributed by atoms with Crippen LogP contribution in [0.3, 0.4) is 0 Å². The van der Waals surface area contributed by atoms with E-state index in [0.717, 1.165) is 38.4 Å². The molecule has 1 aromatic rings. The lowest BCUT2D eigenvalue weighted by Crippen LogP contribution is -2.40. The maximum atomic E-state index is 9.66. The monoisotopic (exact) mass is 289 g/mol. The number of nitrogens with one attached hydrogen (secondary N) is 1. The summed E-state index contributed by atoms with van der Waals surface area (Å²) in [6.07, 6.45) is 1.57. The number of nitrogens with zero attached hydrogens (tertiary/aromatic N) is 2. The number of hydrogen-bond donors (Lipinski definition) is 2. The molecular formula is C17H27N3O. The Labute approximate surface area is 127 Å². The Bertz CT molecular complexity index is 479. The number of guanidine groups is 1. The van der Waals surface area contributed by atoms with Crippen molar-refractivity contribution in [1.82, 2.24) is 10.2 Å². The molecule has 116 valence electrons. The number of benzene rings is 1. The molecule has 1 aromatic carbocycles. The van der Waals surface area contributed by atoms with E-state index in [9.17, 15) is 5.11 Å². The van der Waals surface area contributed by atoms with Crippen molar-refractivity contribution in [3.8, 4) is 0 Å². The molecule has 0 aliphatic carbocycles. The lowest BCUT2D eigenvalue weighted by molar-refractivity contribution is 0.188. The second-order valence-corrected chi connectivity index (χ2v) is 5.87. The van der Waals surface area contributed by atoms with Gasteiger partial charge in [-0.05, 0) is 39.2 Å². The summed E-state index contributed by atoms with van der Waals surface area (Å²) in [5, 5.41) is 13.0. The average molecular weight is 289 g/mol. The number of aryl methyl sites for hydroxylation is 2. The third-order valence-electron chi connectivity index (χ3n) is 3.74. The highest BCUT2D eigenvalue weighted by Gasteiger charge is 2.22. The summed E-state index contributed by atoms with van der Waals surface area (Å²) in [4.78, 5) is 6.85. The minimum Gasteiger partial charge on any atom is -0.391 e. The normalized spacial score (nSPS) is 19.1. The quantitative estimate of drug-likeness (QED) is 0.657. The van der Waals surface area contributed by atoms with Gasteiger partial charge in [-0.1, -0.05) is 29.3 Å². The van der Waals surface area contributed by atoms with Gasteiger partial charge in [0.2, 0.25) is 0 Å². The highest BCUT2D eigenvalue weighted by atomic mass is 16.3. The first-order valence-electron chi connectivity index (χ1n) is 7.87. The van der Waals surface area contributed by atoms with Crippen molar-refractivity contribution in [1.29, 1.82) is 0 Å². The highest BCUT2D eigenvalue weighted by Crippen LogP contribution is 2.11. The number of aliphatic hydroxyl groups is 1. The minimum atomic E-state index is -0.215. The molecule has 0 unspecified atom stereocenters. The highest BCUT2D eigenvalue weighted by molar-refractivity contribution is 5.80. The van der Waals surface area contributed by atoms with Gasteiger partial charge in [0.25, 0.3) is 0 Å². The zero-order chi connectivity index (χ0) is 15.2. The van der Waals surface area contributed by atoms with Crippen molar-refractivity contribution in [2.24, 2.45) is 4.99 Å². The number of hydrogen-bond acceptors (Lipinski definition) is 2. The lowest BCUT2D eigenvalue weighted by Gasteiger charge is -2.20. The molecule has 0 saturated carbocycles. The molecule has 1 fully saturated rings. The van der Waals surface area contributed by atoms with Gasteiger partial charge in [-0.15, -0.1) is 0 Å². The fourth-order valence-corrected chi connectivity index (χ4v) is 2.86. The third kappa shape index (κ3) is 4.74. The first kappa shape index (κ1) is 15.8. The molecule has 0 aromatic heterocycles. The van der Waals surface area contributed by atoms with Gasteiger partial charge in [-0.3, -0.25) is 4.99 Å². The topological polar surface area (TPSA) is 47.9 Å². The Balaban J connectivity index is 1.96. The van der Waals surface area contributed by atoms with Crippen LogP contribution in [0.1, 0.15) is 30.0 Å². The lowest BCUT2D eigenvalue weighted by atomic mass is 10.1. The van der Waals surface area contributed by atoms with Crippen LogP contribution in [0.4, 0.5) is 0 Å². The Kier molecular flexibility index (Phi) is 5.62. The van der Waals surface area contributed by atoms with Crippen molar-refractivity contribution in [3.63, 3.8) is 0 Å². The van der Waals surface area contributed by atoms with Crippen LogP contribution in [0.15, 0.2) is 23.2 Å². The van der Waals surface area contributed by atoms with Crippen LogP contribution in [0.5, 0.6) is 0 Å². The Hall–Kier alpha value is -1.55. The summed E-state index contributed by atoms with van der Waals surface area (Å²) in [6, 6.07) is 6.66. The molecule has 0 spiro atoms. The molecule has 1 atom stereocenters. The molecular weight excluding hydrogens is 262 g/mol. The molecule has 1 aliphatic heterocycles. The van der Waals surface area contributed by atoms with Gasteiger partial charge in [0.15, 0.2) is 5.96 Å². The average Bonchev–Trinajstić information content (AvgIpc) is 2.83. The number of aliphatic imine (C=N–C) groups is 1. The van der Waals surface area contributed by atoms with E-state index in [2.05, 4.69) is 49.2 Å². The largest absolute Gasteiger partial charge is 0.391 e. The van der Waals surface area contributed by atoms with E-state index in [1.54, 1.807) is 0 Å². The van der Waals surface area contributed by atoms with Gasteiger partial charge in [-0.2, -0.15) is 0 Å². The van der Waals surface area contributed by atoms with E-state index in [1.807, 2.05) is 0 Å². The van der Waals surface area contributed by atoms with E-state index in [0.29, 0.717) is 6.54 Å². The van der Waals surface area contributed by atoms with Gasteiger partial charge < -0.3 is 15.3 Å². The van der Waals surface area contributed by atoms with Crippen LogP contribution in [0, 0.1) is 13.8 Å². The molecule has 2 N–H and O–H groups in total. The summed E-state index contributed by atoms with van der Waals surface area (Å²) in [7, 11) is 0. The first-order valence-corrected chi connectivity index (χ1v) is 7.87. The first-order chi connectivity index (χ1) is 10.1. The Morgan fingerprint density at radius 1 is 1.33 bits per heavy atom. The van der Waals surface area contributed by atoms with E-state index in [-0.39, 0.29) is 6.10 Å². The number of rotatable bonds is 4. The van der Waals surface area contributed by atoms with Crippen molar-refractivity contribution in [2.75, 3.05) is 26.2 Å². The smallest absolute Gasteiger partial charge is 0.194 e. The van der Waals surface area contributed by atoms with Crippen LogP contribution in [-0.2, 0) is 6.42 Å². The molecule has 2 rings (SSSR count). The van der Waals surface area contributed by atoms with Crippen molar-refractivity contribution < 1.29 is 5.11 Å². The summed E-state index contributed by atoms with van der Waals surface area (Å²) in [6.45, 7) is 9.55. The molecule has 0 bridgehead atoms. The third-order valence-corrected chi connectivity index (χ3v) is 3.74. The fraction of sp³-hybridized carbons (Fsp3) is 0.588. The van der Waals surface area contributed by atoms with Crippen LogP contribution >= 0.6 is 0 Å². The second kappa shape index (κ2) is 7.46. The number of likely N-dealkylation sites (tertiary alicyclic amines) is 1. The van der Waals surface area contributed by atoms with Crippen molar-refractivity contribution >= 4 is 5.96 Å². The van der Waals surface area contributed by atoms with Gasteiger partial charge in [0.1, 0.15) is 0 Å². The molecule has 1 heterocycles. The molecule has 1 aliphatic rings. The van der Waals surface area contributed by atoms with Crippen LogP contribution in [0.25, 0.3) is 0 Å².